The Morgan fingerprint density at radius 1 is 1.18 bits per heavy atom. The van der Waals surface area contributed by atoms with Gasteiger partial charge >= 0.3 is 0 Å². The molecule has 0 amide bonds. The average Bonchev–Trinajstić information content (AvgIpc) is 2.89. The van der Waals surface area contributed by atoms with Crippen LogP contribution < -0.4 is 5.73 Å². The van der Waals surface area contributed by atoms with Gasteiger partial charge in [0.05, 0.1) is 29.4 Å². The van der Waals surface area contributed by atoms with Crippen molar-refractivity contribution in [2.45, 2.75) is 62.6 Å². The maximum atomic E-state index is 13.4. The summed E-state index contributed by atoms with van der Waals surface area (Å²) in [5.41, 5.74) is 5.64. The number of rotatable bonds is 6. The van der Waals surface area contributed by atoms with Gasteiger partial charge in [-0.15, -0.1) is 0 Å². The predicted octanol–water partition coefficient (Wildman–Crippen LogP) is -0.0332. The minimum atomic E-state index is -2.06. The van der Waals surface area contributed by atoms with Gasteiger partial charge in [-0.25, -0.2) is 0 Å². The van der Waals surface area contributed by atoms with Crippen molar-refractivity contribution in [1.82, 2.24) is 0 Å². The molecule has 6 atom stereocenters. The molecule has 0 radical (unpaired) electrons. The molecule has 1 saturated heterocycles. The number of Topliss-reactive ketones (excluding diaryl/α,β-unsaturated/α-hetero) is 1. The third-order valence-corrected chi connectivity index (χ3v) is 7.48. The van der Waals surface area contributed by atoms with Crippen LogP contribution in [0, 0.1) is 0 Å². The van der Waals surface area contributed by atoms with Gasteiger partial charge in [0.15, 0.2) is 29.4 Å². The molecule has 1 heterocycles. The minimum Gasteiger partial charge on any atom is -0.507 e. The van der Waals surface area contributed by atoms with Gasteiger partial charge in [0.1, 0.15) is 24.7 Å². The monoisotopic (exact) mass is 543 g/mol. The molecule has 2 aromatic rings. The number of phenolic OH excluding ortho intramolecular Hbond substituents is 2. The van der Waals surface area contributed by atoms with E-state index in [9.17, 15) is 34.8 Å². The van der Waals surface area contributed by atoms with E-state index in [0.29, 0.717) is 0 Å². The summed E-state index contributed by atoms with van der Waals surface area (Å²) >= 11 is 0. The lowest BCUT2D eigenvalue weighted by atomic mass is 9.76. The summed E-state index contributed by atoms with van der Waals surface area (Å²) in [6.45, 7) is 0.187. The molecule has 0 aromatic heterocycles. The molecule has 3 aliphatic rings. The standard InChI is InChI=1S/C27H29NO11/c1-11-23(32)17(28)6-20(38-11)39-19-8-27(36,37-10-12(30)9-29)7-16-14(19)5-15-22(26(16)35)24(33)13-3-2-4-18(31)21(13)25(15)34/h2-5,11,17,19-20,23,29,31-32,35-36H,6-10,28H2,1H3/t11-,17+,19?,20+,23+,27?/m1/s1. The zero-order valence-electron chi connectivity index (χ0n) is 21.0. The number of carbonyl (C=O) groups is 3. The Balaban J connectivity index is 1.59. The summed E-state index contributed by atoms with van der Waals surface area (Å²) in [5, 5.41) is 52.1. The Hall–Kier alpha value is -3.23. The molecule has 2 unspecified atom stereocenters. The first-order valence-corrected chi connectivity index (χ1v) is 12.5. The summed E-state index contributed by atoms with van der Waals surface area (Å²) in [6.07, 6.45) is -4.17. The maximum Gasteiger partial charge on any atom is 0.198 e. The van der Waals surface area contributed by atoms with E-state index in [1.54, 1.807) is 6.92 Å². The summed E-state index contributed by atoms with van der Waals surface area (Å²) < 4.78 is 17.3. The number of ether oxygens (including phenoxy) is 3. The van der Waals surface area contributed by atoms with Crippen LogP contribution in [0.4, 0.5) is 0 Å². The van der Waals surface area contributed by atoms with Crippen molar-refractivity contribution in [3.8, 4) is 11.5 Å². The smallest absolute Gasteiger partial charge is 0.198 e. The van der Waals surface area contributed by atoms with Crippen LogP contribution in [-0.4, -0.2) is 86.4 Å². The molecule has 5 rings (SSSR count). The number of aromatic hydroxyl groups is 2. The van der Waals surface area contributed by atoms with Crippen molar-refractivity contribution in [3.05, 3.63) is 57.6 Å². The third kappa shape index (κ3) is 4.74. The van der Waals surface area contributed by atoms with Gasteiger partial charge < -0.3 is 45.5 Å². The molecule has 39 heavy (non-hydrogen) atoms. The zero-order chi connectivity index (χ0) is 28.2. The first-order chi connectivity index (χ1) is 18.4. The molecule has 0 spiro atoms. The molecule has 208 valence electrons. The Bertz CT molecular complexity index is 1350. The van der Waals surface area contributed by atoms with Crippen LogP contribution in [0.5, 0.6) is 11.5 Å². The van der Waals surface area contributed by atoms with E-state index in [1.165, 1.54) is 24.3 Å². The van der Waals surface area contributed by atoms with E-state index < -0.39 is 72.7 Å². The zero-order valence-corrected chi connectivity index (χ0v) is 21.0. The molecule has 7 N–H and O–H groups in total. The number of nitrogens with two attached hydrogens (primary N) is 1. The van der Waals surface area contributed by atoms with E-state index in [1.807, 2.05) is 0 Å². The van der Waals surface area contributed by atoms with Crippen LogP contribution >= 0.6 is 0 Å². The van der Waals surface area contributed by atoms with Crippen LogP contribution in [0.2, 0.25) is 0 Å². The molecular formula is C27H29NO11. The highest BCUT2D eigenvalue weighted by atomic mass is 16.7. The molecular weight excluding hydrogens is 514 g/mol. The lowest BCUT2D eigenvalue weighted by molar-refractivity contribution is -0.270. The number of carbonyl (C=O) groups excluding carboxylic acids is 3. The molecule has 12 heteroatoms. The highest BCUT2D eigenvalue weighted by molar-refractivity contribution is 6.30. The van der Waals surface area contributed by atoms with Crippen molar-refractivity contribution in [2.75, 3.05) is 13.2 Å². The molecule has 1 fully saturated rings. The van der Waals surface area contributed by atoms with E-state index in [0.717, 1.165) is 0 Å². The predicted molar refractivity (Wildman–Crippen MR) is 131 cm³/mol. The number of hydrogen-bond donors (Lipinski definition) is 6. The van der Waals surface area contributed by atoms with Crippen molar-refractivity contribution in [1.29, 1.82) is 0 Å². The number of fused-ring (bicyclic) bond motifs is 3. The fraction of sp³-hybridized carbons (Fsp3) is 0.444. The van der Waals surface area contributed by atoms with Crippen LogP contribution in [0.3, 0.4) is 0 Å². The SMILES string of the molecule is C[C@H]1O[C@@H](OC2CC(O)(OCC(=O)CO)Cc3c2cc2c(c3O)C(=O)c3cccc(O)c3C2=O)C[C@H](N)[C@H]1O. The molecule has 12 nitrogen and oxygen atoms in total. The lowest BCUT2D eigenvalue weighted by Gasteiger charge is -2.42. The van der Waals surface area contributed by atoms with Gasteiger partial charge in [-0.2, -0.15) is 0 Å². The minimum absolute atomic E-state index is 0.0573. The van der Waals surface area contributed by atoms with Gasteiger partial charge in [0.2, 0.25) is 0 Å². The quantitative estimate of drug-likeness (QED) is 0.227. The second-order valence-electron chi connectivity index (χ2n) is 10.2. The van der Waals surface area contributed by atoms with Crippen LogP contribution in [0.1, 0.15) is 68.8 Å². The Labute approximate surface area is 222 Å². The lowest BCUT2D eigenvalue weighted by Crippen LogP contribution is -2.52. The summed E-state index contributed by atoms with van der Waals surface area (Å²) in [4.78, 5) is 38.4. The fourth-order valence-electron chi connectivity index (χ4n) is 5.45. The topological polar surface area (TPSA) is 206 Å². The first-order valence-electron chi connectivity index (χ1n) is 12.5. The number of phenols is 2. The number of benzene rings is 2. The fourth-order valence-corrected chi connectivity index (χ4v) is 5.45. The first kappa shape index (κ1) is 27.3. The van der Waals surface area contributed by atoms with Crippen molar-refractivity contribution in [2.24, 2.45) is 5.73 Å². The van der Waals surface area contributed by atoms with E-state index in [4.69, 9.17) is 25.1 Å². The van der Waals surface area contributed by atoms with Crippen LogP contribution in [0.15, 0.2) is 24.3 Å². The maximum absolute atomic E-state index is 13.4. The number of aliphatic hydroxyl groups excluding tert-OH is 2. The average molecular weight is 544 g/mol. The summed E-state index contributed by atoms with van der Waals surface area (Å²) in [6, 6.07) is 4.76. The van der Waals surface area contributed by atoms with Gasteiger partial charge in [0, 0.05) is 42.0 Å². The molecule has 2 aromatic carbocycles. The molecule has 2 aliphatic carbocycles. The third-order valence-electron chi connectivity index (χ3n) is 7.48. The van der Waals surface area contributed by atoms with Gasteiger partial charge in [-0.3, -0.25) is 14.4 Å². The van der Waals surface area contributed by atoms with Crippen molar-refractivity contribution >= 4 is 17.3 Å². The van der Waals surface area contributed by atoms with Crippen LogP contribution in [0.25, 0.3) is 0 Å². The molecule has 0 saturated carbocycles. The van der Waals surface area contributed by atoms with E-state index in [2.05, 4.69) is 0 Å². The van der Waals surface area contributed by atoms with Crippen molar-refractivity contribution < 1.29 is 54.1 Å². The van der Waals surface area contributed by atoms with Gasteiger partial charge in [-0.1, -0.05) is 12.1 Å². The Kier molecular flexibility index (Phi) is 7.06. The van der Waals surface area contributed by atoms with Gasteiger partial charge in [-0.05, 0) is 24.6 Å². The van der Waals surface area contributed by atoms with E-state index >= 15 is 0 Å². The Morgan fingerprint density at radius 3 is 2.59 bits per heavy atom. The number of aliphatic hydroxyl groups is 3. The molecule has 0 bridgehead atoms. The van der Waals surface area contributed by atoms with Gasteiger partial charge in [0.25, 0.3) is 0 Å². The number of ketones is 3. The normalized spacial score (nSPS) is 29.9. The van der Waals surface area contributed by atoms with E-state index in [-0.39, 0.29) is 58.4 Å². The second kappa shape index (κ2) is 10.1. The highest BCUT2D eigenvalue weighted by Gasteiger charge is 2.46. The molecule has 1 aliphatic heterocycles. The van der Waals surface area contributed by atoms with Crippen LogP contribution in [-0.2, 0) is 25.4 Å². The Morgan fingerprint density at radius 2 is 1.90 bits per heavy atom. The second-order valence-corrected chi connectivity index (χ2v) is 10.2. The van der Waals surface area contributed by atoms with Crippen molar-refractivity contribution in [3.63, 3.8) is 0 Å². The summed E-state index contributed by atoms with van der Waals surface area (Å²) in [7, 11) is 0. The largest absolute Gasteiger partial charge is 0.507 e. The highest BCUT2D eigenvalue weighted by Crippen LogP contribution is 2.48. The number of hydrogen-bond acceptors (Lipinski definition) is 12. The summed E-state index contributed by atoms with van der Waals surface area (Å²) in [5.74, 6) is -5.06.